The molecule has 1 N–H and O–H groups in total. The van der Waals surface area contributed by atoms with Crippen molar-refractivity contribution in [3.8, 4) is 6.07 Å². The maximum absolute atomic E-state index is 13.7. The molecule has 1 heterocycles. The number of ketones is 1. The van der Waals surface area contributed by atoms with Crippen molar-refractivity contribution in [2.75, 3.05) is 10.7 Å². The molecule has 0 saturated carbocycles. The zero-order valence-electron chi connectivity index (χ0n) is 21.8. The van der Waals surface area contributed by atoms with E-state index < -0.39 is 5.92 Å². The number of allylic oxidation sites excluding steroid dienone is 3. The number of nitriles is 1. The van der Waals surface area contributed by atoms with Crippen molar-refractivity contribution in [2.24, 2.45) is 5.41 Å². The van der Waals surface area contributed by atoms with E-state index in [2.05, 4.69) is 25.2 Å². The van der Waals surface area contributed by atoms with Crippen LogP contribution in [0.5, 0.6) is 0 Å². The van der Waals surface area contributed by atoms with Gasteiger partial charge >= 0.3 is 0 Å². The van der Waals surface area contributed by atoms with E-state index in [4.69, 9.17) is 11.6 Å². The molecule has 39 heavy (non-hydrogen) atoms. The maximum atomic E-state index is 13.7. The van der Waals surface area contributed by atoms with Gasteiger partial charge in [0.05, 0.1) is 28.3 Å². The summed E-state index contributed by atoms with van der Waals surface area (Å²) in [5.74, 6) is -0.484. The van der Waals surface area contributed by atoms with Gasteiger partial charge in [-0.2, -0.15) is 5.26 Å². The van der Waals surface area contributed by atoms with E-state index in [-0.39, 0.29) is 22.9 Å². The van der Waals surface area contributed by atoms with E-state index >= 15 is 0 Å². The fourth-order valence-corrected chi connectivity index (χ4v) is 6.31. The summed E-state index contributed by atoms with van der Waals surface area (Å²) in [6, 6.07) is 28.7. The van der Waals surface area contributed by atoms with Crippen LogP contribution < -0.4 is 10.2 Å². The molecule has 3 aromatic carbocycles. The number of amides is 1. The van der Waals surface area contributed by atoms with Crippen LogP contribution in [0, 0.1) is 16.7 Å². The first kappa shape index (κ1) is 26.8. The highest BCUT2D eigenvalue weighted by Crippen LogP contribution is 2.48. The Morgan fingerprint density at radius 3 is 2.15 bits per heavy atom. The maximum Gasteiger partial charge on any atom is 0.241 e. The zero-order valence-corrected chi connectivity index (χ0v) is 23.4. The third kappa shape index (κ3) is 5.66. The van der Waals surface area contributed by atoms with E-state index in [9.17, 15) is 14.9 Å². The Morgan fingerprint density at radius 2 is 1.59 bits per heavy atom. The average Bonchev–Trinajstić information content (AvgIpc) is 2.92. The Balaban J connectivity index is 1.50. The molecule has 5 rings (SSSR count). The van der Waals surface area contributed by atoms with Gasteiger partial charge in [-0.3, -0.25) is 14.5 Å². The molecular weight excluding hydrogens is 526 g/mol. The number of para-hydroxylation sites is 2. The third-order valence-corrected chi connectivity index (χ3v) is 8.20. The van der Waals surface area contributed by atoms with Gasteiger partial charge in [-0.05, 0) is 53.8 Å². The van der Waals surface area contributed by atoms with Gasteiger partial charge in [-0.1, -0.05) is 85.7 Å². The molecule has 1 aliphatic carbocycles. The molecule has 0 aromatic heterocycles. The first-order valence-electron chi connectivity index (χ1n) is 12.8. The van der Waals surface area contributed by atoms with Crippen LogP contribution in [0.4, 0.5) is 11.4 Å². The summed E-state index contributed by atoms with van der Waals surface area (Å²) >= 11 is 7.45. The number of anilines is 2. The summed E-state index contributed by atoms with van der Waals surface area (Å²) in [5, 5.41) is 14.9. The van der Waals surface area contributed by atoms with Crippen LogP contribution in [0.1, 0.15) is 38.2 Å². The van der Waals surface area contributed by atoms with Gasteiger partial charge in [0.15, 0.2) is 5.78 Å². The van der Waals surface area contributed by atoms with Crippen molar-refractivity contribution < 1.29 is 9.59 Å². The molecule has 0 saturated heterocycles. The van der Waals surface area contributed by atoms with Crippen molar-refractivity contribution in [2.45, 2.75) is 32.6 Å². The zero-order chi connectivity index (χ0) is 27.6. The largest absolute Gasteiger partial charge is 0.352 e. The lowest BCUT2D eigenvalue weighted by Gasteiger charge is -2.39. The Labute approximate surface area is 238 Å². The van der Waals surface area contributed by atoms with Gasteiger partial charge in [-0.15, -0.1) is 0 Å². The lowest BCUT2D eigenvalue weighted by Crippen LogP contribution is -2.37. The van der Waals surface area contributed by atoms with Crippen LogP contribution >= 0.6 is 23.4 Å². The minimum Gasteiger partial charge on any atom is -0.352 e. The molecule has 0 bridgehead atoms. The quantitative estimate of drug-likeness (QED) is 0.342. The van der Waals surface area contributed by atoms with Crippen molar-refractivity contribution in [3.05, 3.63) is 117 Å². The number of carbonyl (C=O) groups is 2. The van der Waals surface area contributed by atoms with Crippen LogP contribution in [-0.4, -0.2) is 17.4 Å². The predicted octanol–water partition coefficient (Wildman–Crippen LogP) is 7.50. The van der Waals surface area contributed by atoms with Gasteiger partial charge in [0.25, 0.3) is 0 Å². The van der Waals surface area contributed by atoms with E-state index in [1.165, 1.54) is 11.8 Å². The molecule has 7 heteroatoms. The van der Waals surface area contributed by atoms with Crippen LogP contribution in [0.15, 0.2) is 107 Å². The smallest absolute Gasteiger partial charge is 0.241 e. The SMILES string of the molecule is CC1(C)CC(=O)C2=C(C1)NC(SCC(=O)N(c1ccccc1)c1ccccc1)=C(C#N)[C@@H]2c1ccc(Cl)cc1. The molecule has 1 atom stereocenters. The number of carbonyl (C=O) groups excluding carboxylic acids is 2. The number of benzene rings is 3. The average molecular weight is 554 g/mol. The Kier molecular flexibility index (Phi) is 7.65. The fourth-order valence-electron chi connectivity index (χ4n) is 5.27. The highest BCUT2D eigenvalue weighted by atomic mass is 35.5. The van der Waals surface area contributed by atoms with Crippen molar-refractivity contribution in [1.29, 1.82) is 5.26 Å². The predicted molar refractivity (Wildman–Crippen MR) is 158 cm³/mol. The fraction of sp³-hybridized carbons (Fsp3) is 0.219. The molecule has 0 unspecified atom stereocenters. The number of rotatable bonds is 6. The van der Waals surface area contributed by atoms with E-state index in [0.29, 0.717) is 34.0 Å². The van der Waals surface area contributed by atoms with Gasteiger partial charge in [0, 0.05) is 34.1 Å². The normalized spacial score (nSPS) is 18.2. The Morgan fingerprint density at radius 1 is 1.00 bits per heavy atom. The lowest BCUT2D eigenvalue weighted by atomic mass is 9.69. The van der Waals surface area contributed by atoms with Crippen LogP contribution in [-0.2, 0) is 9.59 Å². The molecule has 0 radical (unpaired) electrons. The van der Waals surface area contributed by atoms with Gasteiger partial charge < -0.3 is 5.32 Å². The number of halogens is 1. The molecule has 3 aromatic rings. The van der Waals surface area contributed by atoms with Gasteiger partial charge in [-0.25, -0.2) is 0 Å². The summed E-state index contributed by atoms with van der Waals surface area (Å²) in [7, 11) is 0. The first-order chi connectivity index (χ1) is 18.8. The minimum absolute atomic E-state index is 0.0425. The molecule has 196 valence electrons. The number of Topliss-reactive ketones (excluding diaryl/α,β-unsaturated/α-hetero) is 1. The summed E-state index contributed by atoms with van der Waals surface area (Å²) in [6.07, 6.45) is 1.09. The molecule has 1 aliphatic heterocycles. The molecule has 0 spiro atoms. The molecule has 2 aliphatic rings. The summed E-state index contributed by atoms with van der Waals surface area (Å²) in [5.41, 5.74) is 4.06. The molecule has 5 nitrogen and oxygen atoms in total. The lowest BCUT2D eigenvalue weighted by molar-refractivity contribution is -0.118. The minimum atomic E-state index is -0.510. The van der Waals surface area contributed by atoms with Crippen LogP contribution in [0.2, 0.25) is 5.02 Å². The summed E-state index contributed by atoms with van der Waals surface area (Å²) in [4.78, 5) is 28.8. The Hall–Kier alpha value is -3.79. The van der Waals surface area contributed by atoms with Crippen LogP contribution in [0.25, 0.3) is 0 Å². The van der Waals surface area contributed by atoms with Crippen molar-refractivity contribution >= 4 is 46.4 Å². The summed E-state index contributed by atoms with van der Waals surface area (Å²) < 4.78 is 0. The molecule has 1 amide bonds. The highest BCUT2D eigenvalue weighted by molar-refractivity contribution is 8.03. The van der Waals surface area contributed by atoms with E-state index in [0.717, 1.165) is 22.6 Å². The van der Waals surface area contributed by atoms with Crippen LogP contribution in [0.3, 0.4) is 0 Å². The number of hydrogen-bond acceptors (Lipinski definition) is 5. The molecule has 0 fully saturated rings. The number of hydrogen-bond donors (Lipinski definition) is 1. The number of dihydropyridines is 1. The van der Waals surface area contributed by atoms with Crippen molar-refractivity contribution in [1.82, 2.24) is 5.32 Å². The second-order valence-electron chi connectivity index (χ2n) is 10.5. The van der Waals surface area contributed by atoms with Gasteiger partial charge in [0.2, 0.25) is 5.91 Å². The monoisotopic (exact) mass is 553 g/mol. The molecular formula is C32H28ClN3O2S. The number of nitrogens with one attached hydrogen (secondary N) is 1. The highest BCUT2D eigenvalue weighted by Gasteiger charge is 2.42. The van der Waals surface area contributed by atoms with E-state index in [1.807, 2.05) is 72.8 Å². The summed E-state index contributed by atoms with van der Waals surface area (Å²) in [6.45, 7) is 4.15. The van der Waals surface area contributed by atoms with Gasteiger partial charge in [0.1, 0.15) is 0 Å². The second-order valence-corrected chi connectivity index (χ2v) is 11.9. The van der Waals surface area contributed by atoms with Crippen molar-refractivity contribution in [3.63, 3.8) is 0 Å². The van der Waals surface area contributed by atoms with E-state index in [1.54, 1.807) is 17.0 Å². The second kappa shape index (κ2) is 11.1. The Bertz CT molecular complexity index is 1470. The standard InChI is InChI=1S/C32H28ClN3O2S/c1-32(2)17-26-30(27(37)18-32)29(21-13-15-22(33)16-14-21)25(19-34)31(35-26)39-20-28(38)36(23-9-5-3-6-10-23)24-11-7-4-8-12-24/h3-16,29,35H,17-18,20H2,1-2H3/t29-/m0/s1. The topological polar surface area (TPSA) is 73.2 Å². The number of thioether (sulfide) groups is 1. The third-order valence-electron chi connectivity index (χ3n) is 6.95. The number of nitrogens with zero attached hydrogens (tertiary/aromatic N) is 2. The first-order valence-corrected chi connectivity index (χ1v) is 14.1.